The van der Waals surface area contributed by atoms with E-state index >= 15 is 0 Å². The second-order valence-corrected chi connectivity index (χ2v) is 5.95. The molecule has 1 heterocycles. The zero-order valence-corrected chi connectivity index (χ0v) is 12.8. The van der Waals surface area contributed by atoms with Gasteiger partial charge in [0, 0.05) is 32.3 Å². The SMILES string of the molecule is CC1CCCN(C)CCN(C)CCCN(C)CN1. The van der Waals surface area contributed by atoms with E-state index in [9.17, 15) is 0 Å². The van der Waals surface area contributed by atoms with Crippen LogP contribution in [0.3, 0.4) is 0 Å². The van der Waals surface area contributed by atoms with Crippen LogP contribution < -0.4 is 5.32 Å². The van der Waals surface area contributed by atoms with Gasteiger partial charge in [-0.25, -0.2) is 0 Å². The van der Waals surface area contributed by atoms with Crippen molar-refractivity contribution in [3.8, 4) is 0 Å². The van der Waals surface area contributed by atoms with Gasteiger partial charge in [-0.3, -0.25) is 4.90 Å². The van der Waals surface area contributed by atoms with Gasteiger partial charge in [0.15, 0.2) is 0 Å². The summed E-state index contributed by atoms with van der Waals surface area (Å²) in [6, 6.07) is 0.631. The van der Waals surface area contributed by atoms with E-state index in [1.807, 2.05) is 0 Å². The van der Waals surface area contributed by atoms with E-state index in [1.54, 1.807) is 0 Å². The van der Waals surface area contributed by atoms with Crippen molar-refractivity contribution < 1.29 is 0 Å². The summed E-state index contributed by atoms with van der Waals surface area (Å²) < 4.78 is 0. The molecule has 1 fully saturated rings. The molecular formula is C14H32N4. The van der Waals surface area contributed by atoms with Gasteiger partial charge in [0.05, 0.1) is 0 Å². The number of hydrogen-bond donors (Lipinski definition) is 1. The molecule has 1 rings (SSSR count). The van der Waals surface area contributed by atoms with Gasteiger partial charge in [0.2, 0.25) is 0 Å². The summed E-state index contributed by atoms with van der Waals surface area (Å²) in [5.41, 5.74) is 0. The Hall–Kier alpha value is -0.160. The monoisotopic (exact) mass is 256 g/mol. The molecule has 0 saturated carbocycles. The van der Waals surface area contributed by atoms with Crippen molar-refractivity contribution in [2.75, 3.05) is 60.5 Å². The van der Waals surface area contributed by atoms with Crippen LogP contribution in [0.15, 0.2) is 0 Å². The van der Waals surface area contributed by atoms with Gasteiger partial charge in [0.25, 0.3) is 0 Å². The van der Waals surface area contributed by atoms with Gasteiger partial charge in [0.1, 0.15) is 0 Å². The van der Waals surface area contributed by atoms with Crippen molar-refractivity contribution in [1.82, 2.24) is 20.0 Å². The summed E-state index contributed by atoms with van der Waals surface area (Å²) in [6.07, 6.45) is 3.82. The van der Waals surface area contributed by atoms with E-state index in [4.69, 9.17) is 0 Å². The smallest absolute Gasteiger partial charge is 0.0479 e. The maximum atomic E-state index is 3.61. The second kappa shape index (κ2) is 8.86. The van der Waals surface area contributed by atoms with Crippen LogP contribution in [-0.4, -0.2) is 81.3 Å². The molecule has 4 heteroatoms. The molecule has 18 heavy (non-hydrogen) atoms. The lowest BCUT2D eigenvalue weighted by molar-refractivity contribution is 0.221. The van der Waals surface area contributed by atoms with Crippen LogP contribution in [0.4, 0.5) is 0 Å². The Bertz CT molecular complexity index is 168. The number of nitrogens with one attached hydrogen (secondary N) is 1. The third-order valence-corrected chi connectivity index (χ3v) is 3.83. The number of nitrogens with zero attached hydrogens (tertiary/aromatic N) is 3. The van der Waals surface area contributed by atoms with Crippen molar-refractivity contribution in [3.63, 3.8) is 0 Å². The molecule has 0 aromatic heterocycles. The van der Waals surface area contributed by atoms with Crippen molar-refractivity contribution in [1.29, 1.82) is 0 Å². The fourth-order valence-electron chi connectivity index (χ4n) is 2.34. The minimum atomic E-state index is 0.631. The van der Waals surface area contributed by atoms with E-state index in [-0.39, 0.29) is 0 Å². The summed E-state index contributed by atoms with van der Waals surface area (Å²) in [4.78, 5) is 7.30. The highest BCUT2D eigenvalue weighted by atomic mass is 15.2. The quantitative estimate of drug-likeness (QED) is 0.695. The summed E-state index contributed by atoms with van der Waals surface area (Å²) in [7, 11) is 6.69. The van der Waals surface area contributed by atoms with Crippen LogP contribution in [0.25, 0.3) is 0 Å². The highest BCUT2D eigenvalue weighted by molar-refractivity contribution is 4.65. The third kappa shape index (κ3) is 7.31. The van der Waals surface area contributed by atoms with Crippen LogP contribution in [0, 0.1) is 0 Å². The van der Waals surface area contributed by atoms with Crippen LogP contribution >= 0.6 is 0 Å². The second-order valence-electron chi connectivity index (χ2n) is 5.95. The summed E-state index contributed by atoms with van der Waals surface area (Å²) >= 11 is 0. The molecule has 0 radical (unpaired) electrons. The number of rotatable bonds is 0. The van der Waals surface area contributed by atoms with Crippen LogP contribution in [0.5, 0.6) is 0 Å². The average molecular weight is 256 g/mol. The highest BCUT2D eigenvalue weighted by Crippen LogP contribution is 2.00. The lowest BCUT2D eigenvalue weighted by Gasteiger charge is -2.26. The van der Waals surface area contributed by atoms with Crippen LogP contribution in [0.2, 0.25) is 0 Å². The van der Waals surface area contributed by atoms with E-state index in [1.165, 1.54) is 52.0 Å². The summed E-state index contributed by atoms with van der Waals surface area (Å²) in [6.45, 7) is 9.29. The Morgan fingerprint density at radius 1 is 0.778 bits per heavy atom. The normalized spacial score (nSPS) is 29.0. The topological polar surface area (TPSA) is 21.8 Å². The zero-order valence-electron chi connectivity index (χ0n) is 12.8. The molecular weight excluding hydrogens is 224 g/mol. The fourth-order valence-corrected chi connectivity index (χ4v) is 2.34. The van der Waals surface area contributed by atoms with Gasteiger partial charge in [-0.2, -0.15) is 0 Å². The van der Waals surface area contributed by atoms with E-state index < -0.39 is 0 Å². The summed E-state index contributed by atoms with van der Waals surface area (Å²) in [5.74, 6) is 0. The standard InChI is InChI=1S/C14H32N4/c1-14-7-5-8-16(2)11-12-17(3)9-6-10-18(4)13-15-14/h14-15H,5-13H2,1-4H3. The third-order valence-electron chi connectivity index (χ3n) is 3.83. The maximum Gasteiger partial charge on any atom is 0.0479 e. The first-order valence-corrected chi connectivity index (χ1v) is 7.37. The minimum Gasteiger partial charge on any atom is -0.305 e. The van der Waals surface area contributed by atoms with Gasteiger partial charge >= 0.3 is 0 Å². The van der Waals surface area contributed by atoms with Crippen LogP contribution in [-0.2, 0) is 0 Å². The van der Waals surface area contributed by atoms with Crippen molar-refractivity contribution in [2.45, 2.75) is 32.2 Å². The Kier molecular flexibility index (Phi) is 7.82. The van der Waals surface area contributed by atoms with E-state index in [0.29, 0.717) is 6.04 Å². The molecule has 0 amide bonds. The fraction of sp³-hybridized carbons (Fsp3) is 1.00. The molecule has 0 aromatic carbocycles. The Morgan fingerprint density at radius 3 is 2.00 bits per heavy atom. The lowest BCUT2D eigenvalue weighted by Crippen LogP contribution is -2.39. The Labute approximate surface area is 113 Å². The highest BCUT2D eigenvalue weighted by Gasteiger charge is 2.07. The van der Waals surface area contributed by atoms with Crippen molar-refractivity contribution >= 4 is 0 Å². The first-order valence-electron chi connectivity index (χ1n) is 7.37. The first kappa shape index (κ1) is 15.9. The minimum absolute atomic E-state index is 0.631. The van der Waals surface area contributed by atoms with Gasteiger partial charge in [-0.05, 0) is 60.4 Å². The predicted octanol–water partition coefficient (Wildman–Crippen LogP) is 0.901. The van der Waals surface area contributed by atoms with Crippen molar-refractivity contribution in [3.05, 3.63) is 0 Å². The molecule has 1 N–H and O–H groups in total. The largest absolute Gasteiger partial charge is 0.305 e. The lowest BCUT2D eigenvalue weighted by atomic mass is 10.2. The molecule has 0 aromatic rings. The molecule has 1 aliphatic heterocycles. The molecule has 0 aliphatic carbocycles. The number of hydrogen-bond acceptors (Lipinski definition) is 4. The van der Waals surface area contributed by atoms with E-state index in [0.717, 1.165) is 6.67 Å². The molecule has 1 unspecified atom stereocenters. The molecule has 4 nitrogen and oxygen atoms in total. The molecule has 1 aliphatic rings. The van der Waals surface area contributed by atoms with E-state index in [2.05, 4.69) is 48.1 Å². The van der Waals surface area contributed by atoms with Crippen molar-refractivity contribution in [2.24, 2.45) is 0 Å². The molecule has 0 spiro atoms. The molecule has 1 atom stereocenters. The first-order chi connectivity index (χ1) is 8.58. The molecule has 0 bridgehead atoms. The van der Waals surface area contributed by atoms with Gasteiger partial charge in [-0.15, -0.1) is 0 Å². The Balaban J connectivity index is 2.36. The predicted molar refractivity (Wildman–Crippen MR) is 78.9 cm³/mol. The average Bonchev–Trinajstić information content (AvgIpc) is 2.33. The van der Waals surface area contributed by atoms with Crippen LogP contribution in [0.1, 0.15) is 26.2 Å². The van der Waals surface area contributed by atoms with Gasteiger partial charge in [-0.1, -0.05) is 0 Å². The summed E-state index contributed by atoms with van der Waals surface area (Å²) in [5, 5.41) is 3.61. The molecule has 108 valence electrons. The Morgan fingerprint density at radius 2 is 1.33 bits per heavy atom. The van der Waals surface area contributed by atoms with Gasteiger partial charge < -0.3 is 15.1 Å². The molecule has 1 saturated heterocycles. The zero-order chi connectivity index (χ0) is 13.4. The number of likely N-dealkylation sites (N-methyl/N-ethyl adjacent to an activating group) is 2. The maximum absolute atomic E-state index is 3.61.